The number of methoxy groups -OCH3 is 3. The van der Waals surface area contributed by atoms with Crippen molar-refractivity contribution in [3.63, 3.8) is 0 Å². The number of cyclic esters (lactones) is 1. The van der Waals surface area contributed by atoms with Crippen molar-refractivity contribution in [2.45, 2.75) is 206 Å². The molecule has 1 saturated carbocycles. The number of hydrogen-bond acceptors (Lipinski definition) is 32. The first-order valence-corrected chi connectivity index (χ1v) is 44.4. The van der Waals surface area contributed by atoms with Crippen molar-refractivity contribution in [3.05, 3.63) is 126 Å². The number of aryl methyl sites for hydroxylation is 1. The summed E-state index contributed by atoms with van der Waals surface area (Å²) in [4.78, 5) is 162. The summed E-state index contributed by atoms with van der Waals surface area (Å²) in [5.74, 6) is -7.55. The summed E-state index contributed by atoms with van der Waals surface area (Å²) in [6, 6.07) is 4.30. The molecule has 0 radical (unpaired) electrons. The zero-order valence-electron chi connectivity index (χ0n) is 74.5. The summed E-state index contributed by atoms with van der Waals surface area (Å²) in [6.45, 7) is 17.6. The van der Waals surface area contributed by atoms with Crippen LogP contribution in [0.1, 0.15) is 165 Å². The largest absolute Gasteiger partial charge is 0.460 e. The first-order chi connectivity index (χ1) is 61.6. The maximum Gasteiger partial charge on any atom is 0.407 e. The average molecular weight is 1770 g/mol. The van der Waals surface area contributed by atoms with Gasteiger partial charge in [-0.25, -0.2) is 54.1 Å². The highest BCUT2D eigenvalue weighted by molar-refractivity contribution is 6.39. The van der Waals surface area contributed by atoms with Gasteiger partial charge >= 0.3 is 12.1 Å². The lowest BCUT2D eigenvalue weighted by molar-refractivity contribution is -0.265. The fourth-order valence-electron chi connectivity index (χ4n) is 18.0. The molecule has 6 aliphatic rings. The minimum Gasteiger partial charge on any atom is -0.460 e. The van der Waals surface area contributed by atoms with Gasteiger partial charge in [0, 0.05) is 179 Å². The first kappa shape index (κ1) is 94.0. The SMILES string of the molecule is CO[C@H]1C[C@@H]2CC[C@@H](C)[C@@](O)(O2)C(=O)C(=O)N2CCCC[C@H]2C(=O)O[C@H]([C@H](C)C[C@@H]2CC[C@@H](OC(=O)NCc3cnc(N4CCN(c5ncc(C(=O)N6CCN(c7ncc(C(=O)NCCCCn8nc(-c9ccc%10oc(N)nc%10c9)c9c(N)ncnc98)cn7)CC6)cn5)CC4)nc3)[C@H](OC)C2)CC(=O)[C@H](C)/C=C(\C)[C@@H](O)[C@@H](OC)C(=O)[C@H](C)C[C@H](C)/C=C/C=C/C=C/1C. The summed E-state index contributed by atoms with van der Waals surface area (Å²) in [6.07, 6.45) is 21.1. The number of carbonyl (C=O) groups excluding carboxylic acids is 8. The third-order valence-corrected chi connectivity index (χ3v) is 25.6. The molecule has 0 spiro atoms. The molecule has 5 fully saturated rings. The molecule has 1 aromatic carbocycles. The van der Waals surface area contributed by atoms with Crippen LogP contribution >= 0.6 is 0 Å². The van der Waals surface area contributed by atoms with Gasteiger partial charge in [0.15, 0.2) is 17.0 Å². The quantitative estimate of drug-likeness (QED) is 0.0182. The lowest BCUT2D eigenvalue weighted by Gasteiger charge is -2.42. The Hall–Kier alpha value is -11.6. The monoisotopic (exact) mass is 1760 g/mol. The van der Waals surface area contributed by atoms with Gasteiger partial charge < -0.3 is 89.7 Å². The predicted molar refractivity (Wildman–Crippen MR) is 474 cm³/mol. The number of Topliss-reactive ketones (excluding diaryl/α,β-unsaturated/α-hetero) is 3. The number of fused-ring (bicyclic) bond motifs is 5. The minimum absolute atomic E-state index is 0.0267. The number of amides is 4. The maximum absolute atomic E-state index is 14.8. The Labute approximate surface area is 743 Å². The molecule has 5 aliphatic heterocycles. The van der Waals surface area contributed by atoms with Gasteiger partial charge in [0.05, 0.1) is 34.8 Å². The molecule has 4 amide bonds. The van der Waals surface area contributed by atoms with Crippen molar-refractivity contribution in [1.82, 2.24) is 75.1 Å². The van der Waals surface area contributed by atoms with Gasteiger partial charge in [-0.15, -0.1) is 0 Å². The second-order valence-electron chi connectivity index (χ2n) is 34.7. The van der Waals surface area contributed by atoms with E-state index in [1.54, 1.807) is 88.4 Å². The van der Waals surface area contributed by atoms with E-state index in [1.807, 2.05) is 78.0 Å². The number of aliphatic hydroxyl groups is 2. The molecule has 6 aromatic heterocycles. The van der Waals surface area contributed by atoms with Gasteiger partial charge in [-0.1, -0.05) is 71.1 Å². The molecule has 13 rings (SSSR count). The second-order valence-corrected chi connectivity index (χ2v) is 34.7. The number of benzene rings is 1. The summed E-state index contributed by atoms with van der Waals surface area (Å²) in [7, 11) is 4.48. The van der Waals surface area contributed by atoms with Gasteiger partial charge in [-0.2, -0.15) is 10.1 Å². The highest BCUT2D eigenvalue weighted by atomic mass is 16.6. The van der Waals surface area contributed by atoms with Crippen molar-refractivity contribution in [2.24, 2.45) is 35.5 Å². The number of unbranched alkanes of at least 4 members (excludes halogenated alkanes) is 1. The van der Waals surface area contributed by atoms with Crippen molar-refractivity contribution < 1.29 is 81.4 Å². The van der Waals surface area contributed by atoms with E-state index in [2.05, 4.69) is 55.5 Å². The van der Waals surface area contributed by atoms with E-state index in [-0.39, 0.29) is 73.6 Å². The number of piperazine rings is 2. The van der Waals surface area contributed by atoms with Crippen molar-refractivity contribution in [3.8, 4) is 11.3 Å². The van der Waals surface area contributed by atoms with Gasteiger partial charge in [-0.3, -0.25) is 28.8 Å². The molecule has 8 N–H and O–H groups in total. The zero-order valence-corrected chi connectivity index (χ0v) is 74.5. The number of nitrogens with two attached hydrogens (primary N) is 2. The number of nitrogens with one attached hydrogen (secondary N) is 2. The van der Waals surface area contributed by atoms with Crippen LogP contribution < -0.4 is 36.8 Å². The number of aromatic nitrogens is 11. The van der Waals surface area contributed by atoms with Gasteiger partial charge in [-0.05, 0) is 138 Å². The number of ether oxygens (including phenoxy) is 6. The van der Waals surface area contributed by atoms with E-state index >= 15 is 0 Å². The van der Waals surface area contributed by atoms with Gasteiger partial charge in [0.25, 0.3) is 29.5 Å². The van der Waals surface area contributed by atoms with E-state index in [1.165, 1.54) is 30.7 Å². The summed E-state index contributed by atoms with van der Waals surface area (Å²) < 4.78 is 43.4. The number of alkyl carbamates (subject to hydrolysis) is 1. The van der Waals surface area contributed by atoms with Gasteiger partial charge in [0.1, 0.15) is 59.6 Å². The van der Waals surface area contributed by atoms with Crippen LogP contribution in [0.15, 0.2) is 114 Å². The Kier molecular flexibility index (Phi) is 31.6. The molecule has 0 unspecified atom stereocenters. The zero-order chi connectivity index (χ0) is 91.0. The molecule has 37 heteroatoms. The van der Waals surface area contributed by atoms with Crippen molar-refractivity contribution in [2.75, 3.05) is 113 Å². The topological polar surface area (TPSA) is 472 Å². The normalized spacial score (nSPS) is 27.7. The molecule has 128 heavy (non-hydrogen) atoms. The Morgan fingerprint density at radius 2 is 1.39 bits per heavy atom. The Morgan fingerprint density at radius 1 is 0.711 bits per heavy atom. The molecule has 1 aliphatic carbocycles. The average Bonchev–Trinajstić information content (AvgIpc) is 1.53. The van der Waals surface area contributed by atoms with Crippen LogP contribution in [0.25, 0.3) is 33.4 Å². The second kappa shape index (κ2) is 43.0. The van der Waals surface area contributed by atoms with Crippen molar-refractivity contribution >= 4 is 98.9 Å². The van der Waals surface area contributed by atoms with Gasteiger partial charge in [0.2, 0.25) is 23.6 Å². The van der Waals surface area contributed by atoms with Crippen LogP contribution in [0.2, 0.25) is 0 Å². The predicted octanol–water partition coefficient (Wildman–Crippen LogP) is 8.10. The smallest absolute Gasteiger partial charge is 0.407 e. The maximum atomic E-state index is 14.8. The van der Waals surface area contributed by atoms with Crippen LogP contribution in [-0.2, 0) is 65.5 Å². The Bertz CT molecular complexity index is 5190. The molecule has 686 valence electrons. The Balaban J connectivity index is 0.551. The number of carbonyl (C=O) groups is 8. The third-order valence-electron chi connectivity index (χ3n) is 25.6. The summed E-state index contributed by atoms with van der Waals surface area (Å²) >= 11 is 0. The number of anilines is 5. The molecule has 4 saturated heterocycles. The molecule has 37 nitrogen and oxygen atoms in total. The molecular weight excluding hydrogens is 1650 g/mol. The molecule has 11 heterocycles. The summed E-state index contributed by atoms with van der Waals surface area (Å²) in [5.41, 5.74) is 17.7. The fourth-order valence-corrected chi connectivity index (χ4v) is 18.0. The Morgan fingerprint density at radius 3 is 2.07 bits per heavy atom. The number of ketones is 3. The first-order valence-electron chi connectivity index (χ1n) is 44.4. The van der Waals surface area contributed by atoms with E-state index in [0.29, 0.717) is 210 Å². The van der Waals surface area contributed by atoms with Crippen LogP contribution in [0.3, 0.4) is 0 Å². The van der Waals surface area contributed by atoms with Crippen LogP contribution in [0.5, 0.6) is 0 Å². The molecular formula is C91H120N20O17. The molecule has 15 atom stereocenters. The number of hydrogen-bond donors (Lipinski definition) is 6. The third kappa shape index (κ3) is 22.7. The highest BCUT2D eigenvalue weighted by Gasteiger charge is 2.53. The number of rotatable bonds is 20. The number of nitrogen functional groups attached to an aromatic ring is 2. The number of piperidine rings is 1. The van der Waals surface area contributed by atoms with E-state index < -0.39 is 102 Å². The fraction of sp³-hybridized carbons (Fsp3) is 0.560. The van der Waals surface area contributed by atoms with Crippen LogP contribution in [0, 0.1) is 35.5 Å². The van der Waals surface area contributed by atoms with E-state index in [9.17, 15) is 48.6 Å². The van der Waals surface area contributed by atoms with E-state index in [0.717, 1.165) is 11.1 Å². The highest BCUT2D eigenvalue weighted by Crippen LogP contribution is 2.40. The van der Waals surface area contributed by atoms with E-state index in [4.69, 9.17) is 49.4 Å². The number of esters is 1. The number of aliphatic hydroxyl groups excluding tert-OH is 1. The van der Waals surface area contributed by atoms with Crippen LogP contribution in [-0.4, -0.2) is 263 Å². The van der Waals surface area contributed by atoms with Crippen molar-refractivity contribution in [1.29, 1.82) is 0 Å². The molecule has 7 aromatic rings. The standard InChI is InChI=1S/C91H120N20O17/c1-53-18-12-11-13-19-54(2)71(122-8)43-65-24-21-59(7)91(121,128-65)79(115)84(118)110-28-16-14-20-67(110)85(119)125-72(44-68(112)55(3)39-58(6)77(114)78(124-10)76(113)57(5)38-53)56(4)40-60-22-25-70(73(41-60)123-9)127-90(120)101-47-61-45-95-87(96-46-61)108-34-36-109(37-35-108)89-99-50-64(51-100-89)83(117)106-30-32-107(33-31-106)88-97-48-63(49-98-88)82(116)94-27-15-17-29-111-81-74(80(92)102-52-103-81)75(105-111)62-23-26-69-66(42-62)104-86(93)126-69/h11-13,18-19,23,26,39,42,45-46,48-53,55-57,59-60,65,67,70-73,77-78,114,121H,14-17,20-22,24-25,27-38,40-41,43-44,47H2,1-10H3,(H2,93,104)(H,94,116)(H,101,120)(H2,92,102,103)/b13-11+,18-12+,54-19+,58-39+/t53-,55-,56-,57-,59-,60+,65+,67+,70-,71+,72+,73-,77-,78+,91-/m1/s1. The molecule has 2 bridgehead atoms. The summed E-state index contributed by atoms with van der Waals surface area (Å²) in [5, 5.41) is 35.1. The number of allylic oxidation sites excluding steroid dienone is 6. The number of oxazole rings is 1. The number of nitrogens with zero attached hydrogens (tertiary/aromatic N) is 16. The van der Waals surface area contributed by atoms with Crippen LogP contribution in [0.4, 0.5) is 34.5 Å². The minimum atomic E-state index is -2.49. The lowest BCUT2D eigenvalue weighted by atomic mass is 9.78. The lowest BCUT2D eigenvalue weighted by Crippen LogP contribution is -2.61.